The van der Waals surface area contributed by atoms with E-state index >= 15 is 0 Å². The van der Waals surface area contributed by atoms with Crippen molar-refractivity contribution in [3.8, 4) is 6.07 Å². The maximum absolute atomic E-state index is 8.88. The highest BCUT2D eigenvalue weighted by Crippen LogP contribution is 2.37. The van der Waals surface area contributed by atoms with E-state index in [2.05, 4.69) is 20.0 Å². The number of hydrogen-bond acceptors (Lipinski definition) is 6. The molecule has 2 aromatic heterocycles. The highest BCUT2D eigenvalue weighted by Gasteiger charge is 2.32. The Hall–Kier alpha value is -2.13. The quantitative estimate of drug-likeness (QED) is 0.867. The van der Waals surface area contributed by atoms with E-state index < -0.39 is 0 Å². The van der Waals surface area contributed by atoms with Gasteiger partial charge in [0.05, 0.1) is 16.6 Å². The molecule has 3 rings (SSSR count). The number of rotatable bonds is 3. The number of hydrogen-bond donors (Lipinski definition) is 0. The summed E-state index contributed by atoms with van der Waals surface area (Å²) in [6.07, 6.45) is 4.19. The SMILES string of the molecule is CCc1nc([C@@H]2CCCN2c2ncc(C#N)cc2Cl)no1. The zero-order valence-corrected chi connectivity index (χ0v) is 12.3. The van der Waals surface area contributed by atoms with Gasteiger partial charge in [-0.1, -0.05) is 23.7 Å². The van der Waals surface area contributed by atoms with Crippen LogP contribution in [0.2, 0.25) is 5.02 Å². The minimum atomic E-state index is 0.0204. The molecular formula is C14H14ClN5O. The summed E-state index contributed by atoms with van der Waals surface area (Å²) in [4.78, 5) is 10.8. The fourth-order valence-electron chi connectivity index (χ4n) is 2.54. The van der Waals surface area contributed by atoms with Gasteiger partial charge in [-0.3, -0.25) is 0 Å². The molecule has 1 aliphatic heterocycles. The van der Waals surface area contributed by atoms with Crippen molar-refractivity contribution in [3.05, 3.63) is 34.6 Å². The maximum Gasteiger partial charge on any atom is 0.226 e. The maximum atomic E-state index is 8.88. The van der Waals surface area contributed by atoms with Gasteiger partial charge in [-0.15, -0.1) is 0 Å². The van der Waals surface area contributed by atoms with Crippen LogP contribution >= 0.6 is 11.6 Å². The van der Waals surface area contributed by atoms with Crippen molar-refractivity contribution >= 4 is 17.4 Å². The molecule has 6 nitrogen and oxygen atoms in total. The van der Waals surface area contributed by atoms with Crippen molar-refractivity contribution in [3.63, 3.8) is 0 Å². The molecule has 0 N–H and O–H groups in total. The van der Waals surface area contributed by atoms with Crippen molar-refractivity contribution in [1.82, 2.24) is 15.1 Å². The third-order valence-corrected chi connectivity index (χ3v) is 3.84. The van der Waals surface area contributed by atoms with Crippen LogP contribution in [0.3, 0.4) is 0 Å². The summed E-state index contributed by atoms with van der Waals surface area (Å²) in [5.74, 6) is 1.98. The lowest BCUT2D eigenvalue weighted by atomic mass is 10.2. The van der Waals surface area contributed by atoms with Crippen molar-refractivity contribution in [2.45, 2.75) is 32.2 Å². The monoisotopic (exact) mass is 303 g/mol. The zero-order chi connectivity index (χ0) is 14.8. The van der Waals surface area contributed by atoms with E-state index in [-0.39, 0.29) is 6.04 Å². The largest absolute Gasteiger partial charge is 0.345 e. The van der Waals surface area contributed by atoms with Gasteiger partial charge in [-0.25, -0.2) is 4.98 Å². The molecule has 1 fully saturated rings. The lowest BCUT2D eigenvalue weighted by Crippen LogP contribution is -2.24. The average Bonchev–Trinajstić information content (AvgIpc) is 3.15. The summed E-state index contributed by atoms with van der Waals surface area (Å²) < 4.78 is 5.19. The van der Waals surface area contributed by atoms with Crippen LogP contribution in [0.25, 0.3) is 0 Å². The molecule has 0 unspecified atom stereocenters. The summed E-state index contributed by atoms with van der Waals surface area (Å²) in [6, 6.07) is 3.69. The van der Waals surface area contributed by atoms with Crippen LogP contribution in [0, 0.1) is 11.3 Å². The van der Waals surface area contributed by atoms with Crippen LogP contribution in [0.5, 0.6) is 0 Å². The van der Waals surface area contributed by atoms with E-state index in [1.54, 1.807) is 6.07 Å². The van der Waals surface area contributed by atoms with Gasteiger partial charge < -0.3 is 9.42 Å². The number of nitriles is 1. The normalized spacial score (nSPS) is 18.0. The second kappa shape index (κ2) is 5.70. The predicted molar refractivity (Wildman–Crippen MR) is 77.0 cm³/mol. The van der Waals surface area contributed by atoms with E-state index in [0.717, 1.165) is 25.8 Å². The topological polar surface area (TPSA) is 78.8 Å². The van der Waals surface area contributed by atoms with Gasteiger partial charge in [0.1, 0.15) is 11.9 Å². The first-order valence-electron chi connectivity index (χ1n) is 6.87. The van der Waals surface area contributed by atoms with Gasteiger partial charge >= 0.3 is 0 Å². The Morgan fingerprint density at radius 2 is 2.43 bits per heavy atom. The second-order valence-corrected chi connectivity index (χ2v) is 5.30. The lowest BCUT2D eigenvalue weighted by Gasteiger charge is -2.24. The highest BCUT2D eigenvalue weighted by atomic mass is 35.5. The molecule has 0 spiro atoms. The van der Waals surface area contributed by atoms with E-state index in [1.165, 1.54) is 6.20 Å². The van der Waals surface area contributed by atoms with E-state index in [0.29, 0.717) is 28.1 Å². The molecule has 0 aliphatic carbocycles. The summed E-state index contributed by atoms with van der Waals surface area (Å²) in [6.45, 7) is 2.81. The molecule has 1 atom stereocenters. The average molecular weight is 304 g/mol. The number of pyridine rings is 1. The predicted octanol–water partition coefficient (Wildman–Crippen LogP) is 2.89. The van der Waals surface area contributed by atoms with Crippen LogP contribution in [-0.2, 0) is 6.42 Å². The van der Waals surface area contributed by atoms with Gasteiger partial charge in [0.25, 0.3) is 0 Å². The number of aryl methyl sites for hydroxylation is 1. The smallest absolute Gasteiger partial charge is 0.226 e. The molecule has 1 saturated heterocycles. The van der Waals surface area contributed by atoms with Crippen LogP contribution < -0.4 is 4.90 Å². The van der Waals surface area contributed by atoms with Crippen molar-refractivity contribution in [2.24, 2.45) is 0 Å². The Labute approximate surface area is 127 Å². The fraction of sp³-hybridized carbons (Fsp3) is 0.429. The third-order valence-electron chi connectivity index (χ3n) is 3.56. The number of nitrogens with zero attached hydrogens (tertiary/aromatic N) is 5. The molecule has 1 aliphatic rings. The van der Waals surface area contributed by atoms with Crippen molar-refractivity contribution in [2.75, 3.05) is 11.4 Å². The first-order chi connectivity index (χ1) is 10.2. The molecule has 7 heteroatoms. The Bertz CT molecular complexity index is 693. The molecule has 0 radical (unpaired) electrons. The van der Waals surface area contributed by atoms with Gasteiger partial charge in [0.2, 0.25) is 5.89 Å². The molecule has 21 heavy (non-hydrogen) atoms. The van der Waals surface area contributed by atoms with Crippen LogP contribution in [0.1, 0.15) is 43.1 Å². The van der Waals surface area contributed by atoms with E-state index in [9.17, 15) is 0 Å². The molecule has 2 aromatic rings. The summed E-state index contributed by atoms with van der Waals surface area (Å²) in [7, 11) is 0. The Kier molecular flexibility index (Phi) is 3.76. The van der Waals surface area contributed by atoms with Crippen molar-refractivity contribution in [1.29, 1.82) is 5.26 Å². The first kappa shape index (κ1) is 13.8. The van der Waals surface area contributed by atoms with Crippen LogP contribution in [0.4, 0.5) is 5.82 Å². The minimum Gasteiger partial charge on any atom is -0.345 e. The second-order valence-electron chi connectivity index (χ2n) is 4.89. The third kappa shape index (κ3) is 2.57. The Balaban J connectivity index is 1.92. The zero-order valence-electron chi connectivity index (χ0n) is 11.6. The molecule has 0 amide bonds. The van der Waals surface area contributed by atoms with Crippen LogP contribution in [-0.4, -0.2) is 21.7 Å². The highest BCUT2D eigenvalue weighted by molar-refractivity contribution is 6.33. The number of halogens is 1. The summed E-state index contributed by atoms with van der Waals surface area (Å²) >= 11 is 6.25. The van der Waals surface area contributed by atoms with Crippen molar-refractivity contribution < 1.29 is 4.52 Å². The molecule has 3 heterocycles. The van der Waals surface area contributed by atoms with Gasteiger partial charge in [0.15, 0.2) is 5.82 Å². The minimum absolute atomic E-state index is 0.0204. The van der Waals surface area contributed by atoms with Crippen LogP contribution in [0.15, 0.2) is 16.8 Å². The fourth-order valence-corrected chi connectivity index (χ4v) is 2.81. The van der Waals surface area contributed by atoms with Gasteiger partial charge in [-0.2, -0.15) is 10.2 Å². The van der Waals surface area contributed by atoms with Gasteiger partial charge in [-0.05, 0) is 18.9 Å². The first-order valence-corrected chi connectivity index (χ1v) is 7.25. The molecule has 108 valence electrons. The van der Waals surface area contributed by atoms with E-state index in [4.69, 9.17) is 21.4 Å². The number of aromatic nitrogens is 3. The van der Waals surface area contributed by atoms with Gasteiger partial charge in [0, 0.05) is 19.2 Å². The molecular weight excluding hydrogens is 290 g/mol. The number of anilines is 1. The molecule has 0 saturated carbocycles. The lowest BCUT2D eigenvalue weighted by molar-refractivity contribution is 0.373. The summed E-state index contributed by atoms with van der Waals surface area (Å²) in [5.41, 5.74) is 0.451. The molecule has 0 aromatic carbocycles. The Morgan fingerprint density at radius 1 is 1.57 bits per heavy atom. The molecule has 0 bridgehead atoms. The Morgan fingerprint density at radius 3 is 3.10 bits per heavy atom. The standard InChI is InChI=1S/C14H14ClN5O/c1-2-12-18-13(19-21-12)11-4-3-5-20(11)14-10(15)6-9(7-16)8-17-14/h6,8,11H,2-5H2,1H3/t11-/m0/s1. The summed E-state index contributed by atoms with van der Waals surface area (Å²) in [5, 5.41) is 13.4. The van der Waals surface area contributed by atoms with E-state index in [1.807, 2.05) is 13.0 Å².